The molecule has 3 heteroatoms. The minimum Gasteiger partial charge on any atom is -0.396 e. The van der Waals surface area contributed by atoms with E-state index in [2.05, 4.69) is 45.9 Å². The first-order valence-electron chi connectivity index (χ1n) is 9.75. The first kappa shape index (κ1) is 20.5. The van der Waals surface area contributed by atoms with Crippen molar-refractivity contribution in [2.45, 2.75) is 72.3 Å². The average Bonchev–Trinajstić information content (AvgIpc) is 3.21. The lowest BCUT2D eigenvalue weighted by Crippen LogP contribution is -2.01. The van der Waals surface area contributed by atoms with Gasteiger partial charge >= 0.3 is 0 Å². The summed E-state index contributed by atoms with van der Waals surface area (Å²) in [6.07, 6.45) is 14.0. The molecule has 2 aliphatic rings. The number of rotatable bonds is 10. The van der Waals surface area contributed by atoms with E-state index in [9.17, 15) is 5.11 Å². The van der Waals surface area contributed by atoms with Crippen LogP contribution in [-0.2, 0) is 0 Å². The number of hydrogen-bond donors (Lipinski definition) is 1. The standard InChI is InChI=1S/C22H35NOS/c1-16(2)7-5-8-17(3)9-6-10-18(4)11-12-20-15-25-22(23-20)21-13-19(21)14-24/h7,9,11,19-21,24H,5-6,8,10,12-15H2,1-4H3/b17-9+,18-11+/t19-,20-,21-/m1/s1. The summed E-state index contributed by atoms with van der Waals surface area (Å²) in [7, 11) is 0. The van der Waals surface area contributed by atoms with Crippen LogP contribution >= 0.6 is 11.8 Å². The molecule has 2 nitrogen and oxygen atoms in total. The molecule has 0 aromatic carbocycles. The highest BCUT2D eigenvalue weighted by Gasteiger charge is 2.42. The smallest absolute Gasteiger partial charge is 0.0715 e. The van der Waals surface area contributed by atoms with E-state index in [4.69, 9.17) is 4.99 Å². The summed E-state index contributed by atoms with van der Waals surface area (Å²) in [6.45, 7) is 9.16. The molecule has 2 rings (SSSR count). The van der Waals surface area contributed by atoms with E-state index in [-0.39, 0.29) is 0 Å². The number of aliphatic hydroxyl groups is 1. The molecule has 1 heterocycles. The molecule has 0 radical (unpaired) electrons. The highest BCUT2D eigenvalue weighted by molar-refractivity contribution is 8.14. The molecule has 0 unspecified atom stereocenters. The lowest BCUT2D eigenvalue weighted by Gasteiger charge is -2.04. The van der Waals surface area contributed by atoms with Gasteiger partial charge in [-0.2, -0.15) is 0 Å². The second kappa shape index (κ2) is 10.4. The van der Waals surface area contributed by atoms with Crippen LogP contribution in [0.25, 0.3) is 0 Å². The molecular formula is C22H35NOS. The number of aliphatic hydroxyl groups excluding tert-OH is 1. The Morgan fingerprint density at radius 2 is 1.76 bits per heavy atom. The molecule has 0 amide bonds. The van der Waals surface area contributed by atoms with Crippen molar-refractivity contribution in [2.24, 2.45) is 16.8 Å². The molecule has 0 aromatic heterocycles. The van der Waals surface area contributed by atoms with Crippen LogP contribution in [0.2, 0.25) is 0 Å². The predicted molar refractivity (Wildman–Crippen MR) is 112 cm³/mol. The van der Waals surface area contributed by atoms with Crippen molar-refractivity contribution in [2.75, 3.05) is 12.4 Å². The average molecular weight is 362 g/mol. The first-order valence-corrected chi connectivity index (χ1v) is 10.7. The summed E-state index contributed by atoms with van der Waals surface area (Å²) in [5, 5.41) is 10.5. The fraction of sp³-hybridized carbons (Fsp3) is 0.682. The topological polar surface area (TPSA) is 32.6 Å². The van der Waals surface area contributed by atoms with E-state index in [1.165, 1.54) is 28.2 Å². The molecule has 1 fully saturated rings. The quantitative estimate of drug-likeness (QED) is 0.489. The van der Waals surface area contributed by atoms with E-state index < -0.39 is 0 Å². The molecule has 0 saturated heterocycles. The van der Waals surface area contributed by atoms with Crippen LogP contribution in [-0.4, -0.2) is 28.6 Å². The highest BCUT2D eigenvalue weighted by atomic mass is 32.2. The zero-order chi connectivity index (χ0) is 18.2. The van der Waals surface area contributed by atoms with Gasteiger partial charge in [-0.05, 0) is 72.1 Å². The van der Waals surface area contributed by atoms with Crippen LogP contribution < -0.4 is 0 Å². The van der Waals surface area contributed by atoms with Crippen molar-refractivity contribution in [3.05, 3.63) is 34.9 Å². The molecule has 1 aliphatic heterocycles. The van der Waals surface area contributed by atoms with Gasteiger partial charge in [0, 0.05) is 18.3 Å². The van der Waals surface area contributed by atoms with Gasteiger partial charge in [-0.1, -0.05) is 34.9 Å². The monoisotopic (exact) mass is 361 g/mol. The van der Waals surface area contributed by atoms with Gasteiger partial charge in [0.2, 0.25) is 0 Å². The normalized spacial score (nSPS) is 26.6. The van der Waals surface area contributed by atoms with Crippen LogP contribution in [0.4, 0.5) is 0 Å². The van der Waals surface area contributed by atoms with E-state index >= 15 is 0 Å². The summed E-state index contributed by atoms with van der Waals surface area (Å²) in [5.41, 5.74) is 4.41. The third-order valence-electron chi connectivity index (χ3n) is 5.07. The molecule has 140 valence electrons. The van der Waals surface area contributed by atoms with Crippen molar-refractivity contribution < 1.29 is 5.11 Å². The Morgan fingerprint density at radius 1 is 1.08 bits per heavy atom. The third-order valence-corrected chi connectivity index (χ3v) is 6.32. The number of allylic oxidation sites excluding steroid dienone is 5. The second-order valence-corrected chi connectivity index (χ2v) is 8.95. The van der Waals surface area contributed by atoms with Gasteiger partial charge in [-0.15, -0.1) is 11.8 Å². The Kier molecular flexibility index (Phi) is 8.51. The van der Waals surface area contributed by atoms with Crippen LogP contribution in [0.3, 0.4) is 0 Å². The highest BCUT2D eigenvalue weighted by Crippen LogP contribution is 2.44. The van der Waals surface area contributed by atoms with Crippen molar-refractivity contribution >= 4 is 16.8 Å². The van der Waals surface area contributed by atoms with Crippen molar-refractivity contribution in [1.29, 1.82) is 0 Å². The third kappa shape index (κ3) is 7.53. The largest absolute Gasteiger partial charge is 0.396 e. The van der Waals surface area contributed by atoms with Crippen molar-refractivity contribution in [3.63, 3.8) is 0 Å². The fourth-order valence-electron chi connectivity index (χ4n) is 3.19. The van der Waals surface area contributed by atoms with E-state index in [0.717, 1.165) is 37.9 Å². The second-order valence-electron chi connectivity index (χ2n) is 7.91. The predicted octanol–water partition coefficient (Wildman–Crippen LogP) is 5.94. The zero-order valence-electron chi connectivity index (χ0n) is 16.4. The maximum Gasteiger partial charge on any atom is 0.0715 e. The summed E-state index contributed by atoms with van der Waals surface area (Å²) < 4.78 is 0. The lowest BCUT2D eigenvalue weighted by atomic mass is 10.1. The van der Waals surface area contributed by atoms with Gasteiger partial charge in [-0.25, -0.2) is 0 Å². The molecular weight excluding hydrogens is 326 g/mol. The van der Waals surface area contributed by atoms with Crippen LogP contribution in [0, 0.1) is 11.8 Å². The summed E-state index contributed by atoms with van der Waals surface area (Å²) >= 11 is 1.92. The van der Waals surface area contributed by atoms with Crippen LogP contribution in [0.5, 0.6) is 0 Å². The van der Waals surface area contributed by atoms with Gasteiger partial charge in [-0.3, -0.25) is 4.99 Å². The minimum atomic E-state index is 0.329. The van der Waals surface area contributed by atoms with Gasteiger partial charge in [0.15, 0.2) is 0 Å². The lowest BCUT2D eigenvalue weighted by molar-refractivity contribution is 0.273. The van der Waals surface area contributed by atoms with E-state index in [1.807, 2.05) is 11.8 Å². The van der Waals surface area contributed by atoms with Gasteiger partial charge < -0.3 is 5.11 Å². The molecule has 25 heavy (non-hydrogen) atoms. The van der Waals surface area contributed by atoms with E-state index in [0.29, 0.717) is 24.5 Å². The summed E-state index contributed by atoms with van der Waals surface area (Å²) in [6, 6.07) is 0.455. The number of thioether (sulfide) groups is 1. The summed E-state index contributed by atoms with van der Waals surface area (Å²) in [5.74, 6) is 2.19. The Labute approximate surface area is 158 Å². The SMILES string of the molecule is CC(C)=CCC/C(C)=C/CC/C(C)=C/C[C@@H]1CSC([C@@H]2C[C@@H]2CO)=N1. The van der Waals surface area contributed by atoms with Crippen molar-refractivity contribution in [1.82, 2.24) is 0 Å². The number of aliphatic imine (C=N–C) groups is 1. The molecule has 0 spiro atoms. The molecule has 1 N–H and O–H groups in total. The maximum absolute atomic E-state index is 9.19. The van der Waals surface area contributed by atoms with Gasteiger partial charge in [0.05, 0.1) is 11.1 Å². The molecule has 3 atom stereocenters. The Hall–Kier alpha value is -0.800. The molecule has 0 aromatic rings. The first-order chi connectivity index (χ1) is 12.0. The molecule has 0 bridgehead atoms. The Morgan fingerprint density at radius 3 is 2.40 bits per heavy atom. The van der Waals surface area contributed by atoms with Crippen LogP contribution in [0.1, 0.15) is 66.2 Å². The van der Waals surface area contributed by atoms with Crippen LogP contribution in [0.15, 0.2) is 39.9 Å². The molecule has 1 saturated carbocycles. The fourth-order valence-corrected chi connectivity index (χ4v) is 4.49. The zero-order valence-corrected chi connectivity index (χ0v) is 17.2. The minimum absolute atomic E-state index is 0.329. The van der Waals surface area contributed by atoms with E-state index in [1.54, 1.807) is 0 Å². The van der Waals surface area contributed by atoms with Gasteiger partial charge in [0.1, 0.15) is 0 Å². The van der Waals surface area contributed by atoms with Crippen molar-refractivity contribution in [3.8, 4) is 0 Å². The van der Waals surface area contributed by atoms with Gasteiger partial charge in [0.25, 0.3) is 0 Å². The molecule has 1 aliphatic carbocycles. The maximum atomic E-state index is 9.19. The number of hydrogen-bond acceptors (Lipinski definition) is 3. The Bertz CT molecular complexity index is 554. The summed E-state index contributed by atoms with van der Waals surface area (Å²) in [4.78, 5) is 4.88. The Balaban J connectivity index is 1.66. The number of nitrogens with zero attached hydrogens (tertiary/aromatic N) is 1.